The highest BCUT2D eigenvalue weighted by Gasteiger charge is 2.40. The number of anilines is 1. The minimum Gasteiger partial charge on any atom is -0.314 e. The lowest BCUT2D eigenvalue weighted by Gasteiger charge is -2.39. The predicted octanol–water partition coefficient (Wildman–Crippen LogP) is 3.94. The predicted molar refractivity (Wildman–Crippen MR) is 157 cm³/mol. The molecule has 2 aliphatic rings. The summed E-state index contributed by atoms with van der Waals surface area (Å²) in [5.74, 6) is -1.26. The minimum absolute atomic E-state index is 0. The second-order valence-corrected chi connectivity index (χ2v) is 11.1. The largest absolute Gasteiger partial charge is 0.314 e. The Bertz CT molecular complexity index is 1420. The first-order valence-corrected chi connectivity index (χ1v) is 13.0. The summed E-state index contributed by atoms with van der Waals surface area (Å²) in [6, 6.07) is 10.7. The Hall–Kier alpha value is -2.85. The van der Waals surface area contributed by atoms with E-state index in [0.717, 1.165) is 17.3 Å². The average molecular weight is 595 g/mol. The summed E-state index contributed by atoms with van der Waals surface area (Å²) in [5, 5.41) is 3.47. The van der Waals surface area contributed by atoms with Crippen LogP contribution in [0.1, 0.15) is 37.6 Å². The van der Waals surface area contributed by atoms with Crippen LogP contribution in [0.25, 0.3) is 0 Å². The molecule has 5 rings (SSSR count). The minimum atomic E-state index is -0.621. The van der Waals surface area contributed by atoms with E-state index in [-0.39, 0.29) is 66.7 Å². The molecule has 1 fully saturated rings. The number of halogens is 4. The lowest BCUT2D eigenvalue weighted by Crippen LogP contribution is -2.59. The maximum atomic E-state index is 14.3. The van der Waals surface area contributed by atoms with Crippen molar-refractivity contribution in [2.24, 2.45) is 0 Å². The standard InChI is InChI=1S/C29H33F2N5O2.2ClH/c1-19-15-35(23(13-32-19)16-34-9-5-4-6-27(34)37)17-28(38)36-18-29(2,3)24-14-33-22(12-26(24)36)10-20-7-8-21(30)11-25(20)31;;/h4-9,11-12,14,19,23,32H,10,13,15-18H2,1-3H3;2*1H/t19-,23-;;/m1../s1. The number of aromatic nitrogens is 2. The normalized spacial score (nSPS) is 19.9. The van der Waals surface area contributed by atoms with Crippen LogP contribution in [0.5, 0.6) is 0 Å². The molecule has 0 unspecified atom stereocenters. The van der Waals surface area contributed by atoms with Crippen LogP contribution in [0.3, 0.4) is 0 Å². The van der Waals surface area contributed by atoms with Gasteiger partial charge in [-0.15, -0.1) is 24.8 Å². The summed E-state index contributed by atoms with van der Waals surface area (Å²) >= 11 is 0. The Morgan fingerprint density at radius 1 is 1.15 bits per heavy atom. The Kier molecular flexibility index (Phi) is 10.1. The SMILES string of the molecule is C[C@@H]1CN(CC(=O)N2CC(C)(C)c3cnc(Cc4ccc(F)cc4F)cc32)[C@@H](Cn2ccccc2=O)CN1.Cl.Cl. The van der Waals surface area contributed by atoms with Gasteiger partial charge in [0, 0.05) is 85.9 Å². The van der Waals surface area contributed by atoms with Gasteiger partial charge in [-0.25, -0.2) is 8.78 Å². The van der Waals surface area contributed by atoms with E-state index in [1.54, 1.807) is 34.0 Å². The smallest absolute Gasteiger partial charge is 0.250 e. The summed E-state index contributed by atoms with van der Waals surface area (Å²) in [6.45, 7) is 8.84. The van der Waals surface area contributed by atoms with Crippen LogP contribution in [0.4, 0.5) is 14.5 Å². The van der Waals surface area contributed by atoms with E-state index in [1.807, 2.05) is 12.1 Å². The van der Waals surface area contributed by atoms with Crippen molar-refractivity contribution in [3.05, 3.63) is 93.7 Å². The third kappa shape index (κ3) is 6.71. The van der Waals surface area contributed by atoms with Crippen LogP contribution < -0.4 is 15.8 Å². The third-order valence-corrected chi connectivity index (χ3v) is 7.57. The van der Waals surface area contributed by atoms with E-state index >= 15 is 0 Å². The molecule has 1 amide bonds. The number of carbonyl (C=O) groups excluding carboxylic acids is 1. The van der Waals surface area contributed by atoms with Gasteiger partial charge in [0.2, 0.25) is 5.91 Å². The molecule has 1 N–H and O–H groups in total. The number of piperazine rings is 1. The third-order valence-electron chi connectivity index (χ3n) is 7.57. The molecule has 0 spiro atoms. The van der Waals surface area contributed by atoms with Crippen LogP contribution in [0.15, 0.2) is 59.7 Å². The van der Waals surface area contributed by atoms with Crippen molar-refractivity contribution in [3.63, 3.8) is 0 Å². The summed E-state index contributed by atoms with van der Waals surface area (Å²) in [5.41, 5.74) is 2.36. The van der Waals surface area contributed by atoms with Gasteiger partial charge in [0.1, 0.15) is 11.6 Å². The highest BCUT2D eigenvalue weighted by atomic mass is 35.5. The van der Waals surface area contributed by atoms with Gasteiger partial charge in [-0.3, -0.25) is 19.5 Å². The summed E-state index contributed by atoms with van der Waals surface area (Å²) in [4.78, 5) is 34.6. The van der Waals surface area contributed by atoms with Crippen molar-refractivity contribution >= 4 is 36.4 Å². The van der Waals surface area contributed by atoms with Crippen molar-refractivity contribution in [1.82, 2.24) is 19.8 Å². The van der Waals surface area contributed by atoms with E-state index in [0.29, 0.717) is 37.4 Å². The number of nitrogens with one attached hydrogen (secondary N) is 1. The van der Waals surface area contributed by atoms with Crippen molar-refractivity contribution in [2.75, 3.05) is 31.1 Å². The number of nitrogens with zero attached hydrogens (tertiary/aromatic N) is 4. The number of carbonyl (C=O) groups is 1. The van der Waals surface area contributed by atoms with Crippen LogP contribution in [-0.2, 0) is 23.2 Å². The summed E-state index contributed by atoms with van der Waals surface area (Å²) < 4.78 is 29.3. The maximum absolute atomic E-state index is 14.3. The van der Waals surface area contributed by atoms with E-state index < -0.39 is 11.6 Å². The molecule has 11 heteroatoms. The van der Waals surface area contributed by atoms with E-state index in [2.05, 4.69) is 36.0 Å². The molecule has 216 valence electrons. The molecule has 0 aliphatic carbocycles. The number of benzene rings is 1. The summed E-state index contributed by atoms with van der Waals surface area (Å²) in [6.07, 6.45) is 3.75. The average Bonchev–Trinajstić information content (AvgIpc) is 3.14. The van der Waals surface area contributed by atoms with Gasteiger partial charge in [0.05, 0.1) is 12.2 Å². The van der Waals surface area contributed by atoms with Crippen LogP contribution in [0.2, 0.25) is 0 Å². The fourth-order valence-corrected chi connectivity index (χ4v) is 5.48. The molecular weight excluding hydrogens is 559 g/mol. The molecule has 0 bridgehead atoms. The molecule has 0 radical (unpaired) electrons. The van der Waals surface area contributed by atoms with Crippen LogP contribution in [-0.4, -0.2) is 58.6 Å². The number of hydrogen-bond donors (Lipinski definition) is 1. The fourth-order valence-electron chi connectivity index (χ4n) is 5.48. The van der Waals surface area contributed by atoms with Gasteiger partial charge in [-0.05, 0) is 30.7 Å². The number of fused-ring (bicyclic) bond motifs is 1. The van der Waals surface area contributed by atoms with Gasteiger partial charge < -0.3 is 14.8 Å². The first-order chi connectivity index (χ1) is 18.1. The molecule has 2 aromatic heterocycles. The van der Waals surface area contributed by atoms with Crippen LogP contribution >= 0.6 is 24.8 Å². The zero-order valence-electron chi connectivity index (χ0n) is 22.8. The highest BCUT2D eigenvalue weighted by molar-refractivity contribution is 5.97. The molecule has 7 nitrogen and oxygen atoms in total. The van der Waals surface area contributed by atoms with Crippen molar-refractivity contribution in [3.8, 4) is 0 Å². The number of rotatable bonds is 6. The second kappa shape index (κ2) is 12.8. The zero-order chi connectivity index (χ0) is 27.0. The molecule has 4 heterocycles. The Morgan fingerprint density at radius 2 is 1.93 bits per heavy atom. The highest BCUT2D eigenvalue weighted by Crippen LogP contribution is 2.40. The molecular formula is C29H35Cl2F2N5O2. The van der Waals surface area contributed by atoms with E-state index in [4.69, 9.17) is 0 Å². The molecule has 0 saturated carbocycles. The number of hydrogen-bond acceptors (Lipinski definition) is 5. The second-order valence-electron chi connectivity index (χ2n) is 11.1. The molecule has 1 saturated heterocycles. The quantitative estimate of drug-likeness (QED) is 0.469. The Labute approximate surface area is 245 Å². The lowest BCUT2D eigenvalue weighted by atomic mass is 9.88. The van der Waals surface area contributed by atoms with Crippen molar-refractivity contribution in [1.29, 1.82) is 0 Å². The molecule has 40 heavy (non-hydrogen) atoms. The van der Waals surface area contributed by atoms with Crippen molar-refractivity contribution in [2.45, 2.75) is 51.2 Å². The molecule has 1 aromatic carbocycles. The molecule has 2 aliphatic heterocycles. The topological polar surface area (TPSA) is 70.5 Å². The first kappa shape index (κ1) is 31.7. The summed E-state index contributed by atoms with van der Waals surface area (Å²) in [7, 11) is 0. The Balaban J connectivity index is 0.00000220. The van der Waals surface area contributed by atoms with Gasteiger partial charge >= 0.3 is 0 Å². The first-order valence-electron chi connectivity index (χ1n) is 13.0. The van der Waals surface area contributed by atoms with Gasteiger partial charge in [0.15, 0.2) is 0 Å². The van der Waals surface area contributed by atoms with E-state index in [1.165, 1.54) is 12.1 Å². The number of pyridine rings is 2. The maximum Gasteiger partial charge on any atom is 0.250 e. The zero-order valence-corrected chi connectivity index (χ0v) is 24.4. The lowest BCUT2D eigenvalue weighted by molar-refractivity contribution is -0.120. The van der Waals surface area contributed by atoms with Crippen LogP contribution in [0, 0.1) is 11.6 Å². The van der Waals surface area contributed by atoms with Crippen molar-refractivity contribution < 1.29 is 13.6 Å². The van der Waals surface area contributed by atoms with Gasteiger partial charge in [0.25, 0.3) is 5.56 Å². The number of amides is 1. The monoisotopic (exact) mass is 593 g/mol. The fraction of sp³-hybridized carbons (Fsp3) is 0.414. The Morgan fingerprint density at radius 3 is 2.65 bits per heavy atom. The van der Waals surface area contributed by atoms with E-state index in [9.17, 15) is 18.4 Å². The molecule has 2 atom stereocenters. The molecule has 3 aromatic rings. The van der Waals surface area contributed by atoms with Gasteiger partial charge in [-0.1, -0.05) is 26.0 Å². The van der Waals surface area contributed by atoms with Gasteiger partial charge in [-0.2, -0.15) is 0 Å².